The SMILES string of the molecule is C=C(/C=C\C=C/C)c1ccc(-c2nc3c(C4=CCCCC5Sc6ccccc6C5=C4)cccc3o2)cc1. The molecule has 2 nitrogen and oxygen atoms in total. The molecule has 0 bridgehead atoms. The molecular weight excluding hydrogens is 470 g/mol. The number of aromatic nitrogens is 1. The van der Waals surface area contributed by atoms with Gasteiger partial charge in [-0.25, -0.2) is 4.98 Å². The topological polar surface area (TPSA) is 26.0 Å². The second-order valence-corrected chi connectivity index (χ2v) is 10.7. The third kappa shape index (κ3) is 4.68. The molecule has 0 saturated carbocycles. The maximum atomic E-state index is 6.26. The summed E-state index contributed by atoms with van der Waals surface area (Å²) in [6, 6.07) is 23.3. The second-order valence-electron chi connectivity index (χ2n) is 9.45. The summed E-state index contributed by atoms with van der Waals surface area (Å²) in [5, 5.41) is 0.522. The average Bonchev–Trinajstić information content (AvgIpc) is 3.50. The largest absolute Gasteiger partial charge is 0.436 e. The lowest BCUT2D eigenvalue weighted by Gasteiger charge is -2.16. The Hall–Kier alpha value is -3.82. The van der Waals surface area contributed by atoms with E-state index in [1.165, 1.54) is 34.4 Å². The van der Waals surface area contributed by atoms with Crippen LogP contribution in [0, 0.1) is 0 Å². The lowest BCUT2D eigenvalue weighted by molar-refractivity contribution is 0.620. The van der Waals surface area contributed by atoms with Gasteiger partial charge in [-0.2, -0.15) is 0 Å². The van der Waals surface area contributed by atoms with E-state index in [4.69, 9.17) is 9.40 Å². The molecule has 182 valence electrons. The van der Waals surface area contributed by atoms with Gasteiger partial charge in [0.25, 0.3) is 0 Å². The molecule has 3 aromatic carbocycles. The Morgan fingerprint density at radius 2 is 1.84 bits per heavy atom. The van der Waals surface area contributed by atoms with Crippen molar-refractivity contribution in [1.29, 1.82) is 0 Å². The van der Waals surface area contributed by atoms with E-state index in [2.05, 4.69) is 79.4 Å². The molecule has 1 unspecified atom stereocenters. The Morgan fingerprint density at radius 3 is 2.70 bits per heavy atom. The quantitative estimate of drug-likeness (QED) is 0.256. The zero-order valence-corrected chi connectivity index (χ0v) is 21.8. The van der Waals surface area contributed by atoms with Crippen LogP contribution in [0.3, 0.4) is 0 Å². The van der Waals surface area contributed by atoms with Gasteiger partial charge in [0, 0.05) is 21.3 Å². The standard InChI is InChI=1S/C34H29NOS/c1-3-4-5-11-23(2)24-18-20-25(21-19-24)34-35-33-27(14-10-15-30(33)36-34)26-12-6-8-17-32-29(22-26)28-13-7-9-16-31(28)37-32/h3-5,7,9-16,18-22,32H,2,6,8,17H2,1H3/b4-3-,11-5-,26-12?,29-22?. The van der Waals surface area contributed by atoms with Gasteiger partial charge in [0.15, 0.2) is 5.58 Å². The van der Waals surface area contributed by atoms with Gasteiger partial charge in [0.1, 0.15) is 5.52 Å². The highest BCUT2D eigenvalue weighted by molar-refractivity contribution is 8.00. The van der Waals surface area contributed by atoms with Crippen LogP contribution in [0.1, 0.15) is 42.9 Å². The maximum Gasteiger partial charge on any atom is 0.227 e. The molecule has 1 aliphatic carbocycles. The van der Waals surface area contributed by atoms with Gasteiger partial charge in [-0.05, 0) is 84.4 Å². The Kier molecular flexibility index (Phi) is 6.55. The molecule has 1 aromatic heterocycles. The number of fused-ring (bicyclic) bond motifs is 4. The fourth-order valence-electron chi connectivity index (χ4n) is 5.07. The van der Waals surface area contributed by atoms with Crippen molar-refractivity contribution in [3.8, 4) is 11.5 Å². The van der Waals surface area contributed by atoms with Crippen LogP contribution in [0.5, 0.6) is 0 Å². The number of benzene rings is 3. The van der Waals surface area contributed by atoms with Crippen LogP contribution < -0.4 is 0 Å². The fourth-order valence-corrected chi connectivity index (χ4v) is 6.45. The predicted octanol–water partition coefficient (Wildman–Crippen LogP) is 9.77. The first-order valence-electron chi connectivity index (χ1n) is 12.9. The highest BCUT2D eigenvalue weighted by Crippen LogP contribution is 2.48. The number of rotatable bonds is 5. The molecule has 4 aromatic rings. The van der Waals surface area contributed by atoms with E-state index in [1.807, 2.05) is 49.1 Å². The van der Waals surface area contributed by atoms with E-state index in [9.17, 15) is 0 Å². The summed E-state index contributed by atoms with van der Waals surface area (Å²) >= 11 is 2.01. The summed E-state index contributed by atoms with van der Waals surface area (Å²) in [6.45, 7) is 6.18. The lowest BCUT2D eigenvalue weighted by atomic mass is 9.91. The van der Waals surface area contributed by atoms with Crippen molar-refractivity contribution in [2.24, 2.45) is 0 Å². The third-order valence-corrected chi connectivity index (χ3v) is 8.38. The molecular formula is C34H29NOS. The molecule has 0 radical (unpaired) electrons. The van der Waals surface area contributed by atoms with E-state index >= 15 is 0 Å². The Balaban J connectivity index is 1.36. The molecule has 37 heavy (non-hydrogen) atoms. The maximum absolute atomic E-state index is 6.26. The summed E-state index contributed by atoms with van der Waals surface area (Å²) in [5.74, 6) is 0.641. The molecule has 0 saturated heterocycles. The van der Waals surface area contributed by atoms with Gasteiger partial charge in [-0.1, -0.05) is 79.4 Å². The van der Waals surface area contributed by atoms with Crippen molar-refractivity contribution in [3.05, 3.63) is 126 Å². The van der Waals surface area contributed by atoms with Gasteiger partial charge in [0.05, 0.1) is 0 Å². The Bertz CT molecular complexity index is 1600. The van der Waals surface area contributed by atoms with Crippen molar-refractivity contribution in [3.63, 3.8) is 0 Å². The molecule has 1 aliphatic heterocycles. The summed E-state index contributed by atoms with van der Waals surface area (Å²) < 4.78 is 6.26. The van der Waals surface area contributed by atoms with E-state index in [1.54, 1.807) is 0 Å². The zero-order valence-electron chi connectivity index (χ0n) is 21.0. The van der Waals surface area contributed by atoms with Crippen molar-refractivity contribution in [1.82, 2.24) is 4.98 Å². The number of oxazole rings is 1. The van der Waals surface area contributed by atoms with E-state index < -0.39 is 0 Å². The van der Waals surface area contributed by atoms with Gasteiger partial charge in [0.2, 0.25) is 5.89 Å². The molecule has 2 aliphatic rings. The van der Waals surface area contributed by atoms with Crippen LogP contribution in [0.2, 0.25) is 0 Å². The number of hydrogen-bond acceptors (Lipinski definition) is 3. The minimum Gasteiger partial charge on any atom is -0.436 e. The van der Waals surface area contributed by atoms with Crippen LogP contribution in [-0.4, -0.2) is 10.2 Å². The average molecular weight is 500 g/mol. The van der Waals surface area contributed by atoms with Crippen molar-refractivity contribution < 1.29 is 4.42 Å². The number of thioether (sulfide) groups is 1. The summed E-state index contributed by atoms with van der Waals surface area (Å²) in [7, 11) is 0. The van der Waals surface area contributed by atoms with Gasteiger partial charge in [-0.3, -0.25) is 0 Å². The fraction of sp³-hybridized carbons (Fsp3) is 0.147. The first-order valence-corrected chi connectivity index (χ1v) is 13.8. The van der Waals surface area contributed by atoms with Gasteiger partial charge < -0.3 is 4.42 Å². The highest BCUT2D eigenvalue weighted by atomic mass is 32.2. The van der Waals surface area contributed by atoms with Crippen LogP contribution >= 0.6 is 11.8 Å². The normalized spacial score (nSPS) is 17.4. The molecule has 0 amide bonds. The first-order chi connectivity index (χ1) is 18.2. The van der Waals surface area contributed by atoms with Gasteiger partial charge >= 0.3 is 0 Å². The second kappa shape index (κ2) is 10.3. The molecule has 0 N–H and O–H groups in total. The number of allylic oxidation sites excluding steroid dienone is 8. The zero-order chi connectivity index (χ0) is 25.2. The predicted molar refractivity (Wildman–Crippen MR) is 158 cm³/mol. The minimum absolute atomic E-state index is 0.522. The van der Waals surface area contributed by atoms with Crippen molar-refractivity contribution >= 4 is 39.6 Å². The Labute approximate surface area is 222 Å². The molecule has 6 rings (SSSR count). The minimum atomic E-state index is 0.522. The van der Waals surface area contributed by atoms with E-state index in [0.717, 1.165) is 39.8 Å². The van der Waals surface area contributed by atoms with E-state index in [-0.39, 0.29) is 0 Å². The number of para-hydroxylation sites is 1. The first kappa shape index (κ1) is 23.6. The summed E-state index contributed by atoms with van der Waals surface area (Å²) in [6.07, 6.45) is 16.3. The van der Waals surface area contributed by atoms with Crippen molar-refractivity contribution in [2.75, 3.05) is 0 Å². The number of hydrogen-bond donors (Lipinski definition) is 0. The van der Waals surface area contributed by atoms with Crippen molar-refractivity contribution in [2.45, 2.75) is 36.3 Å². The molecule has 1 atom stereocenters. The van der Waals surface area contributed by atoms with Gasteiger partial charge in [-0.15, -0.1) is 11.8 Å². The highest BCUT2D eigenvalue weighted by Gasteiger charge is 2.28. The molecule has 0 spiro atoms. The number of nitrogens with zero attached hydrogens (tertiary/aromatic N) is 1. The van der Waals surface area contributed by atoms with Crippen LogP contribution in [0.25, 0.3) is 39.3 Å². The molecule has 3 heteroatoms. The Morgan fingerprint density at radius 1 is 1.00 bits per heavy atom. The monoisotopic (exact) mass is 499 g/mol. The molecule has 0 fully saturated rings. The van der Waals surface area contributed by atoms with Crippen LogP contribution in [0.15, 0.2) is 119 Å². The smallest absolute Gasteiger partial charge is 0.227 e. The third-order valence-electron chi connectivity index (χ3n) is 6.99. The van der Waals surface area contributed by atoms with Crippen LogP contribution in [-0.2, 0) is 0 Å². The van der Waals surface area contributed by atoms with E-state index in [0.29, 0.717) is 11.1 Å². The summed E-state index contributed by atoms with van der Waals surface area (Å²) in [5.41, 5.74) is 9.93. The van der Waals surface area contributed by atoms with Crippen LogP contribution in [0.4, 0.5) is 0 Å². The molecule has 2 heterocycles. The lowest BCUT2D eigenvalue weighted by Crippen LogP contribution is -2.02. The summed E-state index contributed by atoms with van der Waals surface area (Å²) in [4.78, 5) is 6.38.